The third-order valence-electron chi connectivity index (χ3n) is 3.32. The SMILES string of the molecule is CNCc1ccccc1CN(C)Cc1ccccc1Cl. The van der Waals surface area contributed by atoms with Crippen LogP contribution in [-0.4, -0.2) is 19.0 Å². The van der Waals surface area contributed by atoms with Crippen molar-refractivity contribution in [1.82, 2.24) is 10.2 Å². The van der Waals surface area contributed by atoms with Crippen molar-refractivity contribution in [3.05, 3.63) is 70.2 Å². The monoisotopic (exact) mass is 288 g/mol. The molecule has 0 fully saturated rings. The van der Waals surface area contributed by atoms with Crippen molar-refractivity contribution in [2.24, 2.45) is 0 Å². The Kier molecular flexibility index (Phi) is 5.60. The van der Waals surface area contributed by atoms with Gasteiger partial charge in [0.05, 0.1) is 0 Å². The van der Waals surface area contributed by atoms with Gasteiger partial charge in [0.2, 0.25) is 0 Å². The van der Waals surface area contributed by atoms with E-state index in [0.29, 0.717) is 0 Å². The van der Waals surface area contributed by atoms with Crippen molar-refractivity contribution in [3.63, 3.8) is 0 Å². The number of nitrogens with one attached hydrogen (secondary N) is 1. The maximum Gasteiger partial charge on any atom is 0.0451 e. The van der Waals surface area contributed by atoms with E-state index < -0.39 is 0 Å². The fraction of sp³-hybridized carbons (Fsp3) is 0.294. The van der Waals surface area contributed by atoms with Crippen molar-refractivity contribution in [1.29, 1.82) is 0 Å². The molecule has 0 saturated heterocycles. The summed E-state index contributed by atoms with van der Waals surface area (Å²) in [5.41, 5.74) is 3.88. The van der Waals surface area contributed by atoms with Gasteiger partial charge < -0.3 is 5.32 Å². The zero-order valence-electron chi connectivity index (χ0n) is 12.1. The van der Waals surface area contributed by atoms with Gasteiger partial charge >= 0.3 is 0 Å². The van der Waals surface area contributed by atoms with Gasteiger partial charge in [-0.15, -0.1) is 0 Å². The molecule has 0 bridgehead atoms. The molecule has 0 aliphatic rings. The minimum absolute atomic E-state index is 0.836. The molecule has 106 valence electrons. The molecule has 2 aromatic rings. The Morgan fingerprint density at radius 3 is 2.10 bits per heavy atom. The van der Waals surface area contributed by atoms with Crippen LogP contribution in [0.5, 0.6) is 0 Å². The average molecular weight is 289 g/mol. The molecule has 20 heavy (non-hydrogen) atoms. The van der Waals surface area contributed by atoms with Gasteiger partial charge in [0.15, 0.2) is 0 Å². The lowest BCUT2D eigenvalue weighted by molar-refractivity contribution is 0.318. The van der Waals surface area contributed by atoms with Crippen molar-refractivity contribution in [2.45, 2.75) is 19.6 Å². The van der Waals surface area contributed by atoms with Gasteiger partial charge in [-0.1, -0.05) is 54.1 Å². The topological polar surface area (TPSA) is 15.3 Å². The molecule has 1 N–H and O–H groups in total. The highest BCUT2D eigenvalue weighted by molar-refractivity contribution is 6.31. The molecule has 2 nitrogen and oxygen atoms in total. The third kappa shape index (κ3) is 4.07. The molecule has 0 aromatic heterocycles. The van der Waals surface area contributed by atoms with Gasteiger partial charge in [-0.2, -0.15) is 0 Å². The molecule has 2 rings (SSSR count). The second kappa shape index (κ2) is 7.44. The number of benzene rings is 2. The Balaban J connectivity index is 2.05. The Labute approximate surface area is 126 Å². The second-order valence-corrected chi connectivity index (χ2v) is 5.47. The van der Waals surface area contributed by atoms with Crippen molar-refractivity contribution < 1.29 is 0 Å². The first-order valence-corrected chi connectivity index (χ1v) is 7.22. The molecule has 0 heterocycles. The predicted molar refractivity (Wildman–Crippen MR) is 85.8 cm³/mol. The Bertz CT molecular complexity index is 554. The number of hydrogen-bond acceptors (Lipinski definition) is 2. The van der Waals surface area contributed by atoms with E-state index in [2.05, 4.69) is 47.6 Å². The third-order valence-corrected chi connectivity index (χ3v) is 3.69. The Hall–Kier alpha value is -1.35. The van der Waals surface area contributed by atoms with Crippen LogP contribution in [0.25, 0.3) is 0 Å². The summed E-state index contributed by atoms with van der Waals surface area (Å²) in [6, 6.07) is 16.6. The quantitative estimate of drug-likeness (QED) is 0.872. The standard InChI is InChI=1S/C17H21ClN2/c1-19-11-14-7-3-4-8-15(14)12-20(2)13-16-9-5-6-10-17(16)18/h3-10,19H,11-13H2,1-2H3. The summed E-state index contributed by atoms with van der Waals surface area (Å²) < 4.78 is 0. The predicted octanol–water partition coefficient (Wildman–Crippen LogP) is 3.69. The van der Waals surface area contributed by atoms with Gasteiger partial charge in [-0.05, 0) is 36.9 Å². The first kappa shape index (κ1) is 15.0. The summed E-state index contributed by atoms with van der Waals surface area (Å²) >= 11 is 6.22. The van der Waals surface area contributed by atoms with Crippen LogP contribution in [0.1, 0.15) is 16.7 Å². The van der Waals surface area contributed by atoms with Crippen LogP contribution in [-0.2, 0) is 19.6 Å². The van der Waals surface area contributed by atoms with Crippen LogP contribution < -0.4 is 5.32 Å². The summed E-state index contributed by atoms with van der Waals surface area (Å²) in [5.74, 6) is 0. The zero-order chi connectivity index (χ0) is 14.4. The zero-order valence-corrected chi connectivity index (χ0v) is 12.8. The van der Waals surface area contributed by atoms with Gasteiger partial charge in [-0.25, -0.2) is 0 Å². The minimum atomic E-state index is 0.836. The summed E-state index contributed by atoms with van der Waals surface area (Å²) in [6.45, 7) is 2.67. The summed E-state index contributed by atoms with van der Waals surface area (Å²) in [5, 5.41) is 4.05. The van der Waals surface area contributed by atoms with Crippen LogP contribution >= 0.6 is 11.6 Å². The molecule has 0 aliphatic heterocycles. The highest BCUT2D eigenvalue weighted by Crippen LogP contribution is 2.18. The first-order chi connectivity index (χ1) is 9.70. The molecule has 2 aromatic carbocycles. The van der Waals surface area contributed by atoms with E-state index in [1.807, 2.05) is 25.2 Å². The number of rotatable bonds is 6. The molecule has 0 amide bonds. The van der Waals surface area contributed by atoms with Gasteiger partial charge in [0.1, 0.15) is 0 Å². The van der Waals surface area contributed by atoms with E-state index in [1.165, 1.54) is 16.7 Å². The minimum Gasteiger partial charge on any atom is -0.316 e. The molecule has 0 unspecified atom stereocenters. The van der Waals surface area contributed by atoms with Gasteiger partial charge in [0.25, 0.3) is 0 Å². The normalized spacial score (nSPS) is 11.0. The van der Waals surface area contributed by atoms with Crippen LogP contribution in [0.3, 0.4) is 0 Å². The van der Waals surface area contributed by atoms with Crippen LogP contribution in [0.15, 0.2) is 48.5 Å². The van der Waals surface area contributed by atoms with E-state index in [-0.39, 0.29) is 0 Å². The number of hydrogen-bond donors (Lipinski definition) is 1. The highest BCUT2D eigenvalue weighted by atomic mass is 35.5. The maximum atomic E-state index is 6.22. The summed E-state index contributed by atoms with van der Waals surface area (Å²) in [6.07, 6.45) is 0. The van der Waals surface area contributed by atoms with Gasteiger partial charge in [0, 0.05) is 24.7 Å². The lowest BCUT2D eigenvalue weighted by Gasteiger charge is -2.19. The molecule has 3 heteroatoms. The fourth-order valence-corrected chi connectivity index (χ4v) is 2.53. The number of nitrogens with zero attached hydrogens (tertiary/aromatic N) is 1. The van der Waals surface area contributed by atoms with Crippen molar-refractivity contribution in [2.75, 3.05) is 14.1 Å². The lowest BCUT2D eigenvalue weighted by Crippen LogP contribution is -2.19. The molecule has 0 aliphatic carbocycles. The highest BCUT2D eigenvalue weighted by Gasteiger charge is 2.07. The van der Waals surface area contributed by atoms with E-state index >= 15 is 0 Å². The largest absolute Gasteiger partial charge is 0.316 e. The molecule has 0 spiro atoms. The van der Waals surface area contributed by atoms with Gasteiger partial charge in [-0.3, -0.25) is 4.90 Å². The second-order valence-electron chi connectivity index (χ2n) is 5.06. The van der Waals surface area contributed by atoms with Crippen LogP contribution in [0.4, 0.5) is 0 Å². The van der Waals surface area contributed by atoms with Crippen molar-refractivity contribution in [3.8, 4) is 0 Å². The Morgan fingerprint density at radius 2 is 1.45 bits per heavy atom. The van der Waals surface area contributed by atoms with Crippen LogP contribution in [0.2, 0.25) is 5.02 Å². The summed E-state index contributed by atoms with van der Waals surface area (Å²) in [4.78, 5) is 2.29. The first-order valence-electron chi connectivity index (χ1n) is 6.84. The van der Waals surface area contributed by atoms with E-state index in [9.17, 15) is 0 Å². The molecular formula is C17H21ClN2. The van der Waals surface area contributed by atoms with E-state index in [1.54, 1.807) is 0 Å². The smallest absolute Gasteiger partial charge is 0.0451 e. The van der Waals surface area contributed by atoms with E-state index in [4.69, 9.17) is 11.6 Å². The fourth-order valence-electron chi connectivity index (χ4n) is 2.34. The number of halogens is 1. The average Bonchev–Trinajstić information content (AvgIpc) is 2.44. The summed E-state index contributed by atoms with van der Waals surface area (Å²) in [7, 11) is 4.10. The molecule has 0 atom stereocenters. The van der Waals surface area contributed by atoms with Crippen LogP contribution in [0, 0.1) is 0 Å². The lowest BCUT2D eigenvalue weighted by atomic mass is 10.1. The van der Waals surface area contributed by atoms with Crippen molar-refractivity contribution >= 4 is 11.6 Å². The van der Waals surface area contributed by atoms with E-state index in [0.717, 1.165) is 24.7 Å². The molecule has 0 radical (unpaired) electrons. The molecule has 0 saturated carbocycles. The maximum absolute atomic E-state index is 6.22. The Morgan fingerprint density at radius 1 is 0.900 bits per heavy atom. The molecular weight excluding hydrogens is 268 g/mol.